The normalized spacial score (nSPS) is 12.9. The van der Waals surface area contributed by atoms with E-state index in [1.54, 1.807) is 44.6 Å². The van der Waals surface area contributed by atoms with Crippen molar-refractivity contribution >= 4 is 39.5 Å². The summed E-state index contributed by atoms with van der Waals surface area (Å²) in [6.45, 7) is 0. The molecule has 0 saturated heterocycles. The summed E-state index contributed by atoms with van der Waals surface area (Å²) in [5.74, 6) is 2.16. The Hall–Kier alpha value is -4.98. The highest BCUT2D eigenvalue weighted by molar-refractivity contribution is 6.34. The highest BCUT2D eigenvalue weighted by Crippen LogP contribution is 2.37. The standard InChI is InChI=1S/C28H21N3O5/c1-34-26-14-22-24(15-27(26)35-2)29-16-30-28(22)31-23-10-9-19(36-18-6-4-3-5-7-18)13-20(23)21-12-17(32)8-11-25(21)33/h3-16H,1-2H3,(H,29,30,31). The van der Waals surface area contributed by atoms with E-state index in [0.29, 0.717) is 51.0 Å². The molecule has 0 saturated carbocycles. The maximum absolute atomic E-state index is 12.7. The lowest BCUT2D eigenvalue weighted by atomic mass is 9.94. The molecule has 3 aromatic carbocycles. The molecule has 0 aliphatic heterocycles. The van der Waals surface area contributed by atoms with Crippen LogP contribution in [0.1, 0.15) is 5.56 Å². The average Bonchev–Trinajstić information content (AvgIpc) is 2.91. The van der Waals surface area contributed by atoms with Crippen LogP contribution in [-0.4, -0.2) is 35.8 Å². The van der Waals surface area contributed by atoms with Gasteiger partial charge in [0.05, 0.1) is 19.7 Å². The lowest BCUT2D eigenvalue weighted by molar-refractivity contribution is -0.113. The number of carbonyl (C=O) groups excluding carboxylic acids is 2. The second kappa shape index (κ2) is 9.71. The molecule has 0 radical (unpaired) electrons. The van der Waals surface area contributed by atoms with Gasteiger partial charge in [-0.3, -0.25) is 9.59 Å². The minimum absolute atomic E-state index is 0.251. The molecule has 1 aliphatic carbocycles. The van der Waals surface area contributed by atoms with Crippen LogP contribution in [0.2, 0.25) is 0 Å². The summed E-state index contributed by atoms with van der Waals surface area (Å²) in [5, 5.41) is 3.98. The number of benzene rings is 3. The van der Waals surface area contributed by atoms with Crippen molar-refractivity contribution in [2.24, 2.45) is 0 Å². The third kappa shape index (κ3) is 4.52. The number of methoxy groups -OCH3 is 2. The second-order valence-electron chi connectivity index (χ2n) is 7.85. The highest BCUT2D eigenvalue weighted by atomic mass is 16.5. The molecule has 5 rings (SSSR count). The number of ketones is 2. The number of fused-ring (bicyclic) bond motifs is 1. The zero-order valence-electron chi connectivity index (χ0n) is 19.5. The molecular formula is C28H21N3O5. The van der Waals surface area contributed by atoms with Crippen LogP contribution in [0.4, 0.5) is 11.5 Å². The molecule has 1 N–H and O–H groups in total. The van der Waals surface area contributed by atoms with Crippen molar-refractivity contribution in [3.63, 3.8) is 0 Å². The van der Waals surface area contributed by atoms with Gasteiger partial charge >= 0.3 is 0 Å². The van der Waals surface area contributed by atoms with E-state index in [2.05, 4.69) is 15.3 Å². The zero-order valence-corrected chi connectivity index (χ0v) is 19.5. The zero-order chi connectivity index (χ0) is 25.1. The summed E-state index contributed by atoms with van der Waals surface area (Å²) in [7, 11) is 3.11. The summed E-state index contributed by atoms with van der Waals surface area (Å²) in [6, 6.07) is 18.1. The number of rotatable bonds is 7. The van der Waals surface area contributed by atoms with E-state index in [9.17, 15) is 9.59 Å². The van der Waals surface area contributed by atoms with E-state index >= 15 is 0 Å². The van der Waals surface area contributed by atoms with Gasteiger partial charge in [0.2, 0.25) is 0 Å². The summed E-state index contributed by atoms with van der Waals surface area (Å²) in [4.78, 5) is 33.6. The van der Waals surface area contributed by atoms with Gasteiger partial charge in [0.1, 0.15) is 23.6 Å². The van der Waals surface area contributed by atoms with Gasteiger partial charge in [-0.1, -0.05) is 18.2 Å². The average molecular weight is 479 g/mol. The number of para-hydroxylation sites is 1. The monoisotopic (exact) mass is 479 g/mol. The van der Waals surface area contributed by atoms with E-state index in [4.69, 9.17) is 14.2 Å². The Kier molecular flexibility index (Phi) is 6.15. The van der Waals surface area contributed by atoms with Gasteiger partial charge < -0.3 is 19.5 Å². The van der Waals surface area contributed by atoms with Crippen molar-refractivity contribution in [1.82, 2.24) is 9.97 Å². The number of allylic oxidation sites excluding steroid dienone is 4. The number of hydrogen-bond donors (Lipinski definition) is 1. The highest BCUT2D eigenvalue weighted by Gasteiger charge is 2.20. The van der Waals surface area contributed by atoms with Gasteiger partial charge in [0.25, 0.3) is 0 Å². The predicted octanol–water partition coefficient (Wildman–Crippen LogP) is 5.27. The maximum Gasteiger partial charge on any atom is 0.186 e. The molecule has 0 spiro atoms. The second-order valence-corrected chi connectivity index (χ2v) is 7.85. The number of anilines is 2. The Morgan fingerprint density at radius 3 is 2.36 bits per heavy atom. The number of carbonyl (C=O) groups is 2. The number of nitrogens with zero attached hydrogens (tertiary/aromatic N) is 2. The van der Waals surface area contributed by atoms with E-state index in [-0.39, 0.29) is 17.1 Å². The largest absolute Gasteiger partial charge is 0.493 e. The lowest BCUT2D eigenvalue weighted by Gasteiger charge is -2.17. The van der Waals surface area contributed by atoms with Crippen LogP contribution in [-0.2, 0) is 9.59 Å². The topological polar surface area (TPSA) is 99.6 Å². The summed E-state index contributed by atoms with van der Waals surface area (Å²) < 4.78 is 16.8. The Labute approximate surface area is 206 Å². The van der Waals surface area contributed by atoms with Crippen molar-refractivity contribution in [3.8, 4) is 23.0 Å². The number of aromatic nitrogens is 2. The first kappa shape index (κ1) is 22.8. The van der Waals surface area contributed by atoms with E-state index in [0.717, 1.165) is 0 Å². The number of ether oxygens (including phenoxy) is 3. The van der Waals surface area contributed by atoms with Gasteiger partial charge in [0.15, 0.2) is 23.1 Å². The molecule has 8 nitrogen and oxygen atoms in total. The maximum atomic E-state index is 12.7. The van der Waals surface area contributed by atoms with Crippen LogP contribution in [0.15, 0.2) is 85.2 Å². The SMILES string of the molecule is COc1cc2ncnc(Nc3ccc(Oc4ccccc4)cc3C3=CC(=O)C=CC3=O)c2cc1OC. The van der Waals surface area contributed by atoms with Crippen molar-refractivity contribution in [2.75, 3.05) is 19.5 Å². The van der Waals surface area contributed by atoms with Gasteiger partial charge in [0, 0.05) is 28.3 Å². The molecule has 0 atom stereocenters. The third-order valence-corrected chi connectivity index (χ3v) is 5.60. The summed E-state index contributed by atoms with van der Waals surface area (Å²) >= 11 is 0. The summed E-state index contributed by atoms with van der Waals surface area (Å²) in [6.07, 6.45) is 5.27. The van der Waals surface area contributed by atoms with Crippen LogP contribution in [0.25, 0.3) is 16.5 Å². The van der Waals surface area contributed by atoms with Crippen molar-refractivity contribution < 1.29 is 23.8 Å². The molecule has 0 amide bonds. The van der Waals surface area contributed by atoms with E-state index < -0.39 is 0 Å². The van der Waals surface area contributed by atoms with Gasteiger partial charge in [-0.2, -0.15) is 0 Å². The molecule has 1 heterocycles. The smallest absolute Gasteiger partial charge is 0.186 e. The van der Waals surface area contributed by atoms with Gasteiger partial charge in [-0.25, -0.2) is 9.97 Å². The minimum atomic E-state index is -0.284. The van der Waals surface area contributed by atoms with Crippen LogP contribution >= 0.6 is 0 Å². The molecule has 8 heteroatoms. The van der Waals surface area contributed by atoms with Crippen molar-refractivity contribution in [1.29, 1.82) is 0 Å². The molecule has 0 unspecified atom stereocenters. The molecule has 0 fully saturated rings. The Morgan fingerprint density at radius 1 is 0.806 bits per heavy atom. The molecule has 1 aliphatic rings. The molecule has 1 aromatic heterocycles. The van der Waals surface area contributed by atoms with E-state index in [1.165, 1.54) is 24.6 Å². The minimum Gasteiger partial charge on any atom is -0.493 e. The Morgan fingerprint density at radius 2 is 1.58 bits per heavy atom. The lowest BCUT2D eigenvalue weighted by Crippen LogP contribution is -2.09. The Bertz CT molecular complexity index is 1540. The number of hydrogen-bond acceptors (Lipinski definition) is 8. The first-order chi connectivity index (χ1) is 17.6. The first-order valence-corrected chi connectivity index (χ1v) is 11.0. The fourth-order valence-corrected chi connectivity index (χ4v) is 3.87. The molecular weight excluding hydrogens is 458 g/mol. The van der Waals surface area contributed by atoms with Crippen LogP contribution in [0, 0.1) is 0 Å². The fraction of sp³-hybridized carbons (Fsp3) is 0.0714. The molecule has 0 bridgehead atoms. The fourth-order valence-electron chi connectivity index (χ4n) is 3.87. The van der Waals surface area contributed by atoms with Crippen molar-refractivity contribution in [2.45, 2.75) is 0 Å². The van der Waals surface area contributed by atoms with Gasteiger partial charge in [-0.05, 0) is 54.6 Å². The molecule has 178 valence electrons. The Balaban J connectivity index is 1.60. The van der Waals surface area contributed by atoms with Gasteiger partial charge in [-0.15, -0.1) is 0 Å². The quantitative estimate of drug-likeness (QED) is 0.358. The van der Waals surface area contributed by atoms with Crippen LogP contribution < -0.4 is 19.5 Å². The van der Waals surface area contributed by atoms with Crippen molar-refractivity contribution in [3.05, 3.63) is 90.8 Å². The molecule has 4 aromatic rings. The summed E-state index contributed by atoms with van der Waals surface area (Å²) in [5.41, 5.74) is 1.95. The number of nitrogens with one attached hydrogen (secondary N) is 1. The van der Waals surface area contributed by atoms with E-state index in [1.807, 2.05) is 30.3 Å². The predicted molar refractivity (Wildman–Crippen MR) is 136 cm³/mol. The first-order valence-electron chi connectivity index (χ1n) is 11.0. The third-order valence-electron chi connectivity index (χ3n) is 5.60. The van der Waals surface area contributed by atoms with Crippen LogP contribution in [0.5, 0.6) is 23.0 Å². The molecule has 36 heavy (non-hydrogen) atoms. The van der Waals surface area contributed by atoms with Crippen LogP contribution in [0.3, 0.4) is 0 Å².